The number of nitrogens with zero attached hydrogens (tertiary/aromatic N) is 1. The van der Waals surface area contributed by atoms with Crippen LogP contribution in [-0.4, -0.2) is 29.3 Å². The highest BCUT2D eigenvalue weighted by Crippen LogP contribution is 2.32. The van der Waals surface area contributed by atoms with Gasteiger partial charge in [0.1, 0.15) is 5.75 Å². The molecule has 0 fully saturated rings. The summed E-state index contributed by atoms with van der Waals surface area (Å²) in [6, 6.07) is 26.8. The van der Waals surface area contributed by atoms with Crippen molar-refractivity contribution in [1.82, 2.24) is 4.98 Å². The Bertz CT molecular complexity index is 1750. The topological polar surface area (TPSA) is 82.6 Å². The van der Waals surface area contributed by atoms with Crippen molar-refractivity contribution in [2.45, 2.75) is 6.92 Å². The molecule has 40 heavy (non-hydrogen) atoms. The summed E-state index contributed by atoms with van der Waals surface area (Å²) < 4.78 is 10.8. The number of ketones is 1. The minimum absolute atomic E-state index is 0.248. The minimum atomic E-state index is -0.679. The molecule has 0 aliphatic heterocycles. The van der Waals surface area contributed by atoms with Gasteiger partial charge in [-0.2, -0.15) is 0 Å². The molecular formula is C32H21Cl2NO5. The Morgan fingerprint density at radius 3 is 2.20 bits per heavy atom. The molecule has 0 bridgehead atoms. The fourth-order valence-electron chi connectivity index (χ4n) is 4.04. The van der Waals surface area contributed by atoms with Crippen LogP contribution in [0.5, 0.6) is 5.75 Å². The van der Waals surface area contributed by atoms with Crippen molar-refractivity contribution in [3.63, 3.8) is 0 Å². The number of carbonyl (C=O) groups excluding carboxylic acids is 3. The highest BCUT2D eigenvalue weighted by atomic mass is 35.5. The molecule has 8 heteroatoms. The van der Waals surface area contributed by atoms with Gasteiger partial charge in [-0.15, -0.1) is 0 Å². The lowest BCUT2D eigenvalue weighted by Crippen LogP contribution is -2.15. The van der Waals surface area contributed by atoms with Gasteiger partial charge in [0, 0.05) is 21.5 Å². The largest absolute Gasteiger partial charge is 0.454 e. The predicted molar refractivity (Wildman–Crippen MR) is 154 cm³/mol. The Balaban J connectivity index is 1.29. The molecule has 198 valence electrons. The third-order valence-corrected chi connectivity index (χ3v) is 6.70. The molecule has 6 nitrogen and oxygen atoms in total. The van der Waals surface area contributed by atoms with Crippen LogP contribution >= 0.6 is 23.2 Å². The summed E-state index contributed by atoms with van der Waals surface area (Å²) in [6.07, 6.45) is 0. The minimum Gasteiger partial charge on any atom is -0.454 e. The number of esters is 2. The molecule has 4 aromatic carbocycles. The Kier molecular flexibility index (Phi) is 7.91. The number of rotatable bonds is 7. The molecule has 0 aliphatic carbocycles. The third-order valence-electron chi connectivity index (χ3n) is 6.15. The van der Waals surface area contributed by atoms with E-state index in [4.69, 9.17) is 32.7 Å². The Morgan fingerprint density at radius 1 is 0.775 bits per heavy atom. The van der Waals surface area contributed by atoms with E-state index in [9.17, 15) is 14.4 Å². The van der Waals surface area contributed by atoms with Gasteiger partial charge in [-0.1, -0.05) is 59.1 Å². The molecule has 0 spiro atoms. The van der Waals surface area contributed by atoms with Crippen LogP contribution in [0.4, 0.5) is 0 Å². The summed E-state index contributed by atoms with van der Waals surface area (Å²) in [4.78, 5) is 42.9. The van der Waals surface area contributed by atoms with Crippen molar-refractivity contribution in [2.75, 3.05) is 6.61 Å². The second-order valence-corrected chi connectivity index (χ2v) is 9.82. The van der Waals surface area contributed by atoms with Crippen molar-refractivity contribution >= 4 is 51.8 Å². The number of benzene rings is 4. The lowest BCUT2D eigenvalue weighted by molar-refractivity contribution is 0.0476. The van der Waals surface area contributed by atoms with E-state index in [1.807, 2.05) is 25.1 Å². The fourth-order valence-corrected chi connectivity index (χ4v) is 4.54. The van der Waals surface area contributed by atoms with Crippen molar-refractivity contribution in [3.8, 4) is 17.0 Å². The van der Waals surface area contributed by atoms with Crippen molar-refractivity contribution in [2.24, 2.45) is 0 Å². The summed E-state index contributed by atoms with van der Waals surface area (Å²) in [5.74, 6) is -1.31. The maximum absolute atomic E-state index is 13.1. The monoisotopic (exact) mass is 569 g/mol. The summed E-state index contributed by atoms with van der Waals surface area (Å²) in [5, 5.41) is 1.44. The zero-order valence-corrected chi connectivity index (χ0v) is 22.7. The molecule has 0 saturated heterocycles. The zero-order valence-electron chi connectivity index (χ0n) is 21.2. The lowest BCUT2D eigenvalue weighted by atomic mass is 10.0. The molecule has 0 amide bonds. The number of carbonyl (C=O) groups is 3. The molecular weight excluding hydrogens is 549 g/mol. The number of fused-ring (bicyclic) bond motifs is 1. The van der Waals surface area contributed by atoms with Gasteiger partial charge >= 0.3 is 11.9 Å². The first-order chi connectivity index (χ1) is 19.3. The maximum atomic E-state index is 13.1. The summed E-state index contributed by atoms with van der Waals surface area (Å²) >= 11 is 12.4. The smallest absolute Gasteiger partial charge is 0.343 e. The molecule has 1 heterocycles. The Labute approximate surface area is 240 Å². The van der Waals surface area contributed by atoms with Gasteiger partial charge in [0.05, 0.1) is 27.4 Å². The molecule has 0 unspecified atom stereocenters. The number of hydrogen-bond donors (Lipinski definition) is 0. The standard InChI is InChI=1S/C32H21Cl2NO5/c1-19-6-8-21(9-7-19)31(37)40-23-13-10-20(11-14-23)30(36)18-39-32(38)26-17-29(25-15-12-22(33)16-27(25)34)35-28-5-3-2-4-24(26)28/h2-17H,18H2,1H3. The first-order valence-corrected chi connectivity index (χ1v) is 13.0. The zero-order chi connectivity index (χ0) is 28.2. The van der Waals surface area contributed by atoms with E-state index in [1.165, 1.54) is 24.3 Å². The number of pyridine rings is 1. The molecule has 0 N–H and O–H groups in total. The van der Waals surface area contributed by atoms with E-state index >= 15 is 0 Å². The summed E-state index contributed by atoms with van der Waals surface area (Å²) in [7, 11) is 0. The number of ether oxygens (including phenoxy) is 2. The summed E-state index contributed by atoms with van der Waals surface area (Å²) in [5.41, 5.74) is 3.64. The van der Waals surface area contributed by atoms with Crippen LogP contribution in [0.1, 0.15) is 36.6 Å². The normalized spacial score (nSPS) is 10.8. The first-order valence-electron chi connectivity index (χ1n) is 12.2. The average molecular weight is 570 g/mol. The van der Waals surface area contributed by atoms with Crippen molar-refractivity contribution in [3.05, 3.63) is 129 Å². The number of aryl methyl sites for hydroxylation is 1. The van der Waals surface area contributed by atoms with Gasteiger partial charge in [-0.3, -0.25) is 4.79 Å². The van der Waals surface area contributed by atoms with Crippen molar-refractivity contribution in [1.29, 1.82) is 0 Å². The Hall–Kier alpha value is -4.52. The number of aromatic nitrogens is 1. The third kappa shape index (κ3) is 6.04. The lowest BCUT2D eigenvalue weighted by Gasteiger charge is -2.11. The molecule has 0 aliphatic rings. The van der Waals surface area contributed by atoms with Gasteiger partial charge in [0.25, 0.3) is 0 Å². The average Bonchev–Trinajstić information content (AvgIpc) is 2.96. The van der Waals surface area contributed by atoms with Crippen LogP contribution in [0, 0.1) is 6.92 Å². The van der Waals surface area contributed by atoms with Crippen LogP contribution in [0.2, 0.25) is 10.0 Å². The van der Waals surface area contributed by atoms with Gasteiger partial charge in [-0.25, -0.2) is 14.6 Å². The van der Waals surface area contributed by atoms with Crippen LogP contribution in [0.3, 0.4) is 0 Å². The van der Waals surface area contributed by atoms with E-state index < -0.39 is 24.3 Å². The van der Waals surface area contributed by atoms with Gasteiger partial charge in [0.2, 0.25) is 0 Å². The van der Waals surface area contributed by atoms with E-state index in [-0.39, 0.29) is 11.3 Å². The second kappa shape index (κ2) is 11.7. The summed E-state index contributed by atoms with van der Waals surface area (Å²) in [6.45, 7) is 1.45. The maximum Gasteiger partial charge on any atom is 0.343 e. The van der Waals surface area contributed by atoms with E-state index in [2.05, 4.69) is 4.98 Å². The molecule has 0 radical (unpaired) electrons. The predicted octanol–water partition coefficient (Wildman–Crippen LogP) is 7.78. The molecule has 5 rings (SSSR count). The second-order valence-electron chi connectivity index (χ2n) is 8.98. The molecule has 0 atom stereocenters. The first kappa shape index (κ1) is 27.1. The highest BCUT2D eigenvalue weighted by Gasteiger charge is 2.18. The van der Waals surface area contributed by atoms with Gasteiger partial charge in [-0.05, 0) is 73.7 Å². The van der Waals surface area contributed by atoms with Crippen LogP contribution in [0.25, 0.3) is 22.2 Å². The number of hydrogen-bond acceptors (Lipinski definition) is 6. The van der Waals surface area contributed by atoms with Crippen LogP contribution < -0.4 is 4.74 Å². The van der Waals surface area contributed by atoms with E-state index in [0.29, 0.717) is 43.3 Å². The number of para-hydroxylation sites is 1. The van der Waals surface area contributed by atoms with E-state index in [1.54, 1.807) is 54.6 Å². The molecule has 1 aromatic heterocycles. The van der Waals surface area contributed by atoms with Crippen LogP contribution in [-0.2, 0) is 4.74 Å². The molecule has 0 saturated carbocycles. The SMILES string of the molecule is Cc1ccc(C(=O)Oc2ccc(C(=O)COC(=O)c3cc(-c4ccc(Cl)cc4Cl)nc4ccccc34)cc2)cc1. The highest BCUT2D eigenvalue weighted by molar-refractivity contribution is 6.36. The Morgan fingerprint density at radius 2 is 1.48 bits per heavy atom. The quantitative estimate of drug-likeness (QED) is 0.113. The fraction of sp³-hybridized carbons (Fsp3) is 0.0625. The van der Waals surface area contributed by atoms with Crippen LogP contribution in [0.15, 0.2) is 97.1 Å². The number of Topliss-reactive ketones (excluding diaryl/α,β-unsaturated/α-hetero) is 1. The van der Waals surface area contributed by atoms with Gasteiger partial charge in [0.15, 0.2) is 12.4 Å². The molecule has 5 aromatic rings. The number of halogens is 2. The van der Waals surface area contributed by atoms with Crippen molar-refractivity contribution < 1.29 is 23.9 Å². The van der Waals surface area contributed by atoms with E-state index in [0.717, 1.165) is 5.56 Å². The van der Waals surface area contributed by atoms with Gasteiger partial charge < -0.3 is 9.47 Å².